The number of hydrogen-bond acceptors (Lipinski definition) is 5. The third kappa shape index (κ3) is 4.18. The molecule has 0 aliphatic carbocycles. The Hall–Kier alpha value is -3.35. The van der Waals surface area contributed by atoms with Gasteiger partial charge in [-0.25, -0.2) is 14.8 Å². The predicted octanol–water partition coefficient (Wildman–Crippen LogP) is 4.10. The highest BCUT2D eigenvalue weighted by Crippen LogP contribution is 2.25. The highest BCUT2D eigenvalue weighted by Gasteiger charge is 2.10. The van der Waals surface area contributed by atoms with E-state index in [2.05, 4.69) is 32.8 Å². The van der Waals surface area contributed by atoms with Crippen LogP contribution in [0.15, 0.2) is 48.5 Å². The molecule has 3 N–H and O–H groups in total. The second-order valence-corrected chi connectivity index (χ2v) is 5.66. The Bertz CT molecular complexity index is 899. The van der Waals surface area contributed by atoms with Gasteiger partial charge >= 0.3 is 6.03 Å². The molecule has 0 bridgehead atoms. The maximum Gasteiger partial charge on any atom is 0.323 e. The van der Waals surface area contributed by atoms with Crippen molar-refractivity contribution in [3.63, 3.8) is 0 Å². The van der Waals surface area contributed by atoms with Crippen molar-refractivity contribution >= 4 is 34.3 Å². The molecule has 0 spiro atoms. The van der Waals surface area contributed by atoms with E-state index in [-0.39, 0.29) is 6.03 Å². The molecule has 0 unspecified atom stereocenters. The van der Waals surface area contributed by atoms with Gasteiger partial charge in [-0.15, -0.1) is 0 Å². The number of aromatic nitrogens is 2. The van der Waals surface area contributed by atoms with Crippen molar-refractivity contribution in [2.45, 2.75) is 13.3 Å². The average Bonchev–Trinajstić information content (AvgIpc) is 2.66. The number of urea groups is 1. The summed E-state index contributed by atoms with van der Waals surface area (Å²) in [5.41, 5.74) is 2.72. The second-order valence-electron chi connectivity index (χ2n) is 5.66. The van der Waals surface area contributed by atoms with Crippen molar-refractivity contribution in [1.82, 2.24) is 9.97 Å². The largest absolute Gasteiger partial charge is 0.478 e. The van der Waals surface area contributed by atoms with E-state index in [1.54, 1.807) is 25.3 Å². The third-order valence-corrected chi connectivity index (χ3v) is 3.66. The number of carbonyl (C=O) groups is 1. The smallest absolute Gasteiger partial charge is 0.323 e. The van der Waals surface area contributed by atoms with Gasteiger partial charge < -0.3 is 20.7 Å². The second kappa shape index (κ2) is 8.15. The summed E-state index contributed by atoms with van der Waals surface area (Å²) in [6.07, 6.45) is 0.962. The minimum Gasteiger partial charge on any atom is -0.478 e. The lowest BCUT2D eigenvalue weighted by Gasteiger charge is -2.11. The summed E-state index contributed by atoms with van der Waals surface area (Å²) in [5.74, 6) is 1.04. The molecule has 7 nitrogen and oxygen atoms in total. The molecule has 0 saturated heterocycles. The molecule has 0 saturated carbocycles. The SMILES string of the molecule is CCCNc1nc2cc(NC(=O)Nc3ccccc3)ccc2nc1OC. The normalized spacial score (nSPS) is 10.4. The number of amides is 2. The van der Waals surface area contributed by atoms with Crippen LogP contribution in [0.1, 0.15) is 13.3 Å². The van der Waals surface area contributed by atoms with Crippen LogP contribution in [0.2, 0.25) is 0 Å². The van der Waals surface area contributed by atoms with Gasteiger partial charge in [-0.3, -0.25) is 0 Å². The number of nitrogens with one attached hydrogen (secondary N) is 3. The number of rotatable bonds is 6. The summed E-state index contributed by atoms with van der Waals surface area (Å²) >= 11 is 0. The quantitative estimate of drug-likeness (QED) is 0.622. The molecule has 2 aromatic carbocycles. The molecule has 0 fully saturated rings. The number of carbonyl (C=O) groups excluding carboxylic acids is 1. The Kier molecular flexibility index (Phi) is 5.48. The Balaban J connectivity index is 1.80. The summed E-state index contributed by atoms with van der Waals surface area (Å²) in [7, 11) is 1.57. The van der Waals surface area contributed by atoms with E-state index < -0.39 is 0 Å². The first-order valence-corrected chi connectivity index (χ1v) is 8.42. The molecule has 1 heterocycles. The van der Waals surface area contributed by atoms with Crippen LogP contribution in [0.4, 0.5) is 22.0 Å². The van der Waals surface area contributed by atoms with Crippen LogP contribution in [-0.2, 0) is 0 Å². The molecular weight excluding hydrogens is 330 g/mol. The number of methoxy groups -OCH3 is 1. The number of ether oxygens (including phenoxy) is 1. The third-order valence-electron chi connectivity index (χ3n) is 3.66. The maximum atomic E-state index is 12.1. The zero-order valence-corrected chi connectivity index (χ0v) is 14.7. The van der Waals surface area contributed by atoms with E-state index in [9.17, 15) is 4.79 Å². The van der Waals surface area contributed by atoms with Crippen LogP contribution in [0, 0.1) is 0 Å². The van der Waals surface area contributed by atoms with E-state index in [4.69, 9.17) is 4.74 Å². The first-order valence-electron chi connectivity index (χ1n) is 8.42. The van der Waals surface area contributed by atoms with Gasteiger partial charge in [-0.05, 0) is 36.8 Å². The Labute approximate surface area is 151 Å². The van der Waals surface area contributed by atoms with Crippen LogP contribution < -0.4 is 20.7 Å². The number of fused-ring (bicyclic) bond motifs is 1. The van der Waals surface area contributed by atoms with E-state index in [0.717, 1.165) is 18.7 Å². The molecule has 2 amide bonds. The number of benzene rings is 2. The maximum absolute atomic E-state index is 12.1. The molecular formula is C19H21N5O2. The van der Waals surface area contributed by atoms with Crippen LogP contribution >= 0.6 is 0 Å². The van der Waals surface area contributed by atoms with Crippen LogP contribution in [0.3, 0.4) is 0 Å². The average molecular weight is 351 g/mol. The summed E-state index contributed by atoms with van der Waals surface area (Å²) in [6, 6.07) is 14.3. The van der Waals surface area contributed by atoms with Crippen LogP contribution in [0.5, 0.6) is 5.88 Å². The molecule has 26 heavy (non-hydrogen) atoms. The van der Waals surface area contributed by atoms with Gasteiger partial charge in [0, 0.05) is 17.9 Å². The summed E-state index contributed by atoms with van der Waals surface area (Å²) < 4.78 is 5.30. The first-order chi connectivity index (χ1) is 12.7. The highest BCUT2D eigenvalue weighted by molar-refractivity contribution is 6.00. The van der Waals surface area contributed by atoms with Crippen molar-refractivity contribution < 1.29 is 9.53 Å². The zero-order chi connectivity index (χ0) is 18.4. The Morgan fingerprint density at radius 3 is 2.50 bits per heavy atom. The van der Waals surface area contributed by atoms with Gasteiger partial charge in [-0.1, -0.05) is 25.1 Å². The predicted molar refractivity (Wildman–Crippen MR) is 104 cm³/mol. The molecule has 3 aromatic rings. The lowest BCUT2D eigenvalue weighted by Crippen LogP contribution is -2.19. The fraction of sp³-hybridized carbons (Fsp3) is 0.211. The van der Waals surface area contributed by atoms with Crippen molar-refractivity contribution in [3.8, 4) is 5.88 Å². The van der Waals surface area contributed by atoms with Crippen molar-refractivity contribution in [3.05, 3.63) is 48.5 Å². The summed E-state index contributed by atoms with van der Waals surface area (Å²) in [4.78, 5) is 21.2. The fourth-order valence-electron chi connectivity index (χ4n) is 2.43. The van der Waals surface area contributed by atoms with Gasteiger partial charge in [0.1, 0.15) is 0 Å². The van der Waals surface area contributed by atoms with Gasteiger partial charge in [0.25, 0.3) is 5.88 Å². The lowest BCUT2D eigenvalue weighted by molar-refractivity contribution is 0.262. The van der Waals surface area contributed by atoms with Gasteiger partial charge in [-0.2, -0.15) is 0 Å². The molecule has 134 valence electrons. The molecule has 0 aliphatic heterocycles. The molecule has 3 rings (SSSR count). The number of nitrogens with zero attached hydrogens (tertiary/aromatic N) is 2. The van der Waals surface area contributed by atoms with E-state index >= 15 is 0 Å². The van der Waals surface area contributed by atoms with Crippen molar-refractivity contribution in [2.24, 2.45) is 0 Å². The van der Waals surface area contributed by atoms with E-state index in [0.29, 0.717) is 28.4 Å². The minimum absolute atomic E-state index is 0.318. The monoisotopic (exact) mass is 351 g/mol. The number of hydrogen-bond donors (Lipinski definition) is 3. The first kappa shape index (κ1) is 17.5. The fourth-order valence-corrected chi connectivity index (χ4v) is 2.43. The van der Waals surface area contributed by atoms with Gasteiger partial charge in [0.05, 0.1) is 18.1 Å². The molecule has 1 aromatic heterocycles. The molecule has 0 aliphatic rings. The Morgan fingerprint density at radius 2 is 1.77 bits per heavy atom. The lowest BCUT2D eigenvalue weighted by atomic mass is 10.2. The van der Waals surface area contributed by atoms with Crippen LogP contribution in [-0.4, -0.2) is 29.7 Å². The van der Waals surface area contributed by atoms with Gasteiger partial charge in [0.2, 0.25) is 0 Å². The molecule has 0 radical (unpaired) electrons. The molecule has 7 heteroatoms. The van der Waals surface area contributed by atoms with E-state index in [1.165, 1.54) is 0 Å². The zero-order valence-electron chi connectivity index (χ0n) is 14.7. The van der Waals surface area contributed by atoms with Crippen molar-refractivity contribution in [1.29, 1.82) is 0 Å². The standard InChI is InChI=1S/C19H21N5O2/c1-3-11-20-17-18(26-2)24-15-10-9-14(12-16(15)23-17)22-19(25)21-13-7-5-4-6-8-13/h4-10,12H,3,11H2,1-2H3,(H,20,23)(H2,21,22,25). The van der Waals surface area contributed by atoms with Crippen LogP contribution in [0.25, 0.3) is 11.0 Å². The minimum atomic E-state index is -0.318. The summed E-state index contributed by atoms with van der Waals surface area (Å²) in [6.45, 7) is 2.84. The van der Waals surface area contributed by atoms with Crippen molar-refractivity contribution in [2.75, 3.05) is 29.6 Å². The van der Waals surface area contributed by atoms with Gasteiger partial charge in [0.15, 0.2) is 5.82 Å². The highest BCUT2D eigenvalue weighted by atomic mass is 16.5. The number of anilines is 3. The van der Waals surface area contributed by atoms with E-state index in [1.807, 2.05) is 30.3 Å². The summed E-state index contributed by atoms with van der Waals surface area (Å²) in [5, 5.41) is 8.78. The number of para-hydroxylation sites is 1. The Morgan fingerprint density at radius 1 is 1.00 bits per heavy atom. The molecule has 0 atom stereocenters. The topological polar surface area (TPSA) is 88.2 Å².